The fourth-order valence-corrected chi connectivity index (χ4v) is 3.94. The minimum atomic E-state index is -0.566. The number of fused-ring (bicyclic) bond motifs is 2. The second-order valence-electron chi connectivity index (χ2n) is 7.51. The summed E-state index contributed by atoms with van der Waals surface area (Å²) < 4.78 is 3.65. The fourth-order valence-electron chi connectivity index (χ4n) is 3.94. The molecule has 3 aromatic heterocycles. The molecule has 148 valence electrons. The summed E-state index contributed by atoms with van der Waals surface area (Å²) in [6, 6.07) is 3.77. The lowest BCUT2D eigenvalue weighted by Gasteiger charge is -2.21. The topological polar surface area (TPSA) is 89.1 Å². The predicted octanol–water partition coefficient (Wildman–Crippen LogP) is 2.27. The van der Waals surface area contributed by atoms with Crippen LogP contribution in [0.3, 0.4) is 0 Å². The van der Waals surface area contributed by atoms with Gasteiger partial charge in [0.15, 0.2) is 5.65 Å². The van der Waals surface area contributed by atoms with E-state index in [0.29, 0.717) is 30.8 Å². The van der Waals surface area contributed by atoms with Gasteiger partial charge in [-0.15, -0.1) is 0 Å². The van der Waals surface area contributed by atoms with Gasteiger partial charge in [-0.1, -0.05) is 6.92 Å². The number of carbonyl (C=O) groups is 1. The van der Waals surface area contributed by atoms with E-state index in [1.165, 1.54) is 0 Å². The highest BCUT2D eigenvalue weighted by Crippen LogP contribution is 2.25. The van der Waals surface area contributed by atoms with Crippen molar-refractivity contribution >= 4 is 16.9 Å². The van der Waals surface area contributed by atoms with Gasteiger partial charge in [-0.2, -0.15) is 10.2 Å². The van der Waals surface area contributed by atoms with Crippen LogP contribution in [0, 0.1) is 13.8 Å². The lowest BCUT2D eigenvalue weighted by Crippen LogP contribution is -2.31. The first kappa shape index (κ1) is 18.6. The smallest absolute Gasteiger partial charge is 0.255 e. The minimum absolute atomic E-state index is 0.0150. The number of hydrogen-bond donors (Lipinski definition) is 1. The summed E-state index contributed by atoms with van der Waals surface area (Å²) >= 11 is 0. The molecule has 0 aliphatic carbocycles. The third-order valence-electron chi connectivity index (χ3n) is 5.38. The second-order valence-corrected chi connectivity index (χ2v) is 7.51. The number of nitrogens with zero attached hydrogens (tertiary/aromatic N) is 6. The van der Waals surface area contributed by atoms with Gasteiger partial charge in [0.2, 0.25) is 0 Å². The Morgan fingerprint density at radius 3 is 2.79 bits per heavy atom. The van der Waals surface area contributed by atoms with Crippen molar-refractivity contribution < 1.29 is 9.90 Å². The predicted molar refractivity (Wildman–Crippen MR) is 105 cm³/mol. The largest absolute Gasteiger partial charge is 0.387 e. The molecule has 0 aromatic carbocycles. The van der Waals surface area contributed by atoms with Crippen LogP contribution in [0.15, 0.2) is 12.1 Å². The summed E-state index contributed by atoms with van der Waals surface area (Å²) in [6.07, 6.45) is 0.874. The molecule has 8 nitrogen and oxygen atoms in total. The molecule has 4 rings (SSSR count). The number of pyridine rings is 1. The number of aryl methyl sites for hydroxylation is 4. The Balaban J connectivity index is 1.71. The van der Waals surface area contributed by atoms with Crippen molar-refractivity contribution in [2.24, 2.45) is 7.05 Å². The number of rotatable bonds is 3. The van der Waals surface area contributed by atoms with Gasteiger partial charge in [0, 0.05) is 25.8 Å². The van der Waals surface area contributed by atoms with Crippen LogP contribution in [-0.2, 0) is 20.1 Å². The molecule has 0 bridgehead atoms. The monoisotopic (exact) mass is 382 g/mol. The molecule has 0 saturated heterocycles. The van der Waals surface area contributed by atoms with E-state index in [1.54, 1.807) is 4.68 Å². The number of aliphatic hydroxyl groups is 1. The van der Waals surface area contributed by atoms with Crippen molar-refractivity contribution in [2.45, 2.75) is 52.8 Å². The van der Waals surface area contributed by atoms with Crippen LogP contribution in [0.1, 0.15) is 59.0 Å². The molecular weight excluding hydrogens is 356 g/mol. The quantitative estimate of drug-likeness (QED) is 0.751. The van der Waals surface area contributed by atoms with Gasteiger partial charge >= 0.3 is 0 Å². The number of aliphatic hydroxyl groups excluding tert-OH is 1. The Morgan fingerprint density at radius 1 is 1.25 bits per heavy atom. The number of amides is 1. The van der Waals surface area contributed by atoms with Crippen LogP contribution in [0.5, 0.6) is 0 Å². The third-order valence-corrected chi connectivity index (χ3v) is 5.38. The van der Waals surface area contributed by atoms with Crippen LogP contribution < -0.4 is 0 Å². The van der Waals surface area contributed by atoms with E-state index in [0.717, 1.165) is 41.1 Å². The van der Waals surface area contributed by atoms with Crippen molar-refractivity contribution in [3.8, 4) is 0 Å². The zero-order chi connectivity index (χ0) is 20.0. The van der Waals surface area contributed by atoms with E-state index in [9.17, 15) is 9.90 Å². The number of hydrogen-bond acceptors (Lipinski definition) is 5. The molecule has 4 heterocycles. The molecule has 1 N–H and O–H groups in total. The molecule has 8 heteroatoms. The normalized spacial score (nSPS) is 15.5. The zero-order valence-corrected chi connectivity index (χ0v) is 16.8. The van der Waals surface area contributed by atoms with E-state index in [4.69, 9.17) is 0 Å². The summed E-state index contributed by atoms with van der Waals surface area (Å²) in [4.78, 5) is 19.9. The van der Waals surface area contributed by atoms with Gasteiger partial charge in [0.25, 0.3) is 5.91 Å². The Morgan fingerprint density at radius 2 is 2.04 bits per heavy atom. The molecule has 0 fully saturated rings. The summed E-state index contributed by atoms with van der Waals surface area (Å²) in [5.41, 5.74) is 4.62. The average molecular weight is 382 g/mol. The van der Waals surface area contributed by atoms with Gasteiger partial charge in [-0.05, 0) is 38.8 Å². The first-order valence-electron chi connectivity index (χ1n) is 9.74. The van der Waals surface area contributed by atoms with Crippen molar-refractivity contribution in [1.29, 1.82) is 0 Å². The molecule has 0 spiro atoms. The van der Waals surface area contributed by atoms with Crippen molar-refractivity contribution in [1.82, 2.24) is 29.4 Å². The molecule has 1 aliphatic rings. The maximum atomic E-state index is 13.5. The Bertz CT molecular complexity index is 1050. The zero-order valence-electron chi connectivity index (χ0n) is 16.8. The summed E-state index contributed by atoms with van der Waals surface area (Å²) in [6.45, 7) is 7.62. The highest BCUT2D eigenvalue weighted by molar-refractivity contribution is 6.06. The molecule has 1 atom stereocenters. The van der Waals surface area contributed by atoms with Crippen LogP contribution >= 0.6 is 0 Å². The van der Waals surface area contributed by atoms with Crippen molar-refractivity contribution in [3.63, 3.8) is 0 Å². The van der Waals surface area contributed by atoms with Gasteiger partial charge in [-0.25, -0.2) is 4.98 Å². The highest BCUT2D eigenvalue weighted by atomic mass is 16.3. The molecule has 1 aliphatic heterocycles. The van der Waals surface area contributed by atoms with E-state index >= 15 is 0 Å². The first-order chi connectivity index (χ1) is 13.4. The van der Waals surface area contributed by atoms with Crippen molar-refractivity contribution in [2.75, 3.05) is 6.54 Å². The molecule has 0 saturated carbocycles. The molecular formula is C20H26N6O2. The Labute approximate surface area is 163 Å². The third kappa shape index (κ3) is 3.07. The second kappa shape index (κ2) is 7.01. The number of carbonyl (C=O) groups excluding carboxylic acids is 1. The molecule has 28 heavy (non-hydrogen) atoms. The fraction of sp³-hybridized carbons (Fsp3) is 0.500. The Hall–Kier alpha value is -2.74. The standard InChI is InChI=1S/C20H26N6O2/c1-5-17(27)16-10-14-11-25(7-6-8-26(14)23-16)20(28)15-9-12(2)21-19-18(15)13(3)22-24(19)4/h9-10,17,27H,5-8,11H2,1-4H3/t17-/m0/s1. The average Bonchev–Trinajstić information content (AvgIpc) is 3.12. The lowest BCUT2D eigenvalue weighted by atomic mass is 10.1. The molecule has 1 amide bonds. The molecule has 0 unspecified atom stereocenters. The molecule has 3 aromatic rings. The number of aromatic nitrogens is 5. The van der Waals surface area contributed by atoms with E-state index in [2.05, 4.69) is 15.2 Å². The SMILES string of the molecule is CC[C@H](O)c1cc2n(n1)CCCN(C(=O)c1cc(C)nc3c1c(C)nn3C)C2. The van der Waals surface area contributed by atoms with Gasteiger partial charge in [-0.3, -0.25) is 14.2 Å². The van der Waals surface area contributed by atoms with Crippen LogP contribution in [0.4, 0.5) is 0 Å². The van der Waals surface area contributed by atoms with Crippen LogP contribution in [0.25, 0.3) is 11.0 Å². The van der Waals surface area contributed by atoms with Gasteiger partial charge in [0.05, 0.1) is 40.7 Å². The first-order valence-corrected chi connectivity index (χ1v) is 9.74. The lowest BCUT2D eigenvalue weighted by molar-refractivity contribution is 0.0747. The Kier molecular flexibility index (Phi) is 4.66. The summed E-state index contributed by atoms with van der Waals surface area (Å²) in [5, 5.41) is 19.9. The maximum Gasteiger partial charge on any atom is 0.255 e. The van der Waals surface area contributed by atoms with Crippen molar-refractivity contribution in [3.05, 3.63) is 40.5 Å². The summed E-state index contributed by atoms with van der Waals surface area (Å²) in [5.74, 6) is -0.0150. The summed E-state index contributed by atoms with van der Waals surface area (Å²) in [7, 11) is 1.85. The van der Waals surface area contributed by atoms with Gasteiger partial charge in [0.1, 0.15) is 0 Å². The van der Waals surface area contributed by atoms with E-state index in [-0.39, 0.29) is 5.91 Å². The van der Waals surface area contributed by atoms with E-state index in [1.807, 2.05) is 49.5 Å². The minimum Gasteiger partial charge on any atom is -0.387 e. The molecule has 0 radical (unpaired) electrons. The van der Waals surface area contributed by atoms with Crippen LogP contribution in [0.2, 0.25) is 0 Å². The maximum absolute atomic E-state index is 13.5. The highest BCUT2D eigenvalue weighted by Gasteiger charge is 2.26. The van der Waals surface area contributed by atoms with Gasteiger partial charge < -0.3 is 10.0 Å². The van der Waals surface area contributed by atoms with Crippen LogP contribution in [-0.4, -0.2) is 47.0 Å². The van der Waals surface area contributed by atoms with E-state index < -0.39 is 6.10 Å².